The predicted octanol–water partition coefficient (Wildman–Crippen LogP) is 5.15. The first-order valence-corrected chi connectivity index (χ1v) is 7.86. The zero-order chi connectivity index (χ0) is 18.1. The lowest BCUT2D eigenvalue weighted by atomic mass is 10.1. The van der Waals surface area contributed by atoms with Gasteiger partial charge in [-0.15, -0.1) is 0 Å². The maximum atomic E-state index is 11.0. The fourth-order valence-electron chi connectivity index (χ4n) is 2.36. The van der Waals surface area contributed by atoms with Crippen molar-refractivity contribution in [3.63, 3.8) is 0 Å². The van der Waals surface area contributed by atoms with Crippen LogP contribution in [0.15, 0.2) is 30.3 Å². The van der Waals surface area contributed by atoms with Crippen molar-refractivity contribution in [3.8, 4) is 6.07 Å². The SMILES string of the molecule is Cc1ccc2nc(C(C#N)=Cc3cc([N+](=O)[O-])c(Cl)cc3Cl)[nH]c2c1. The van der Waals surface area contributed by atoms with E-state index in [2.05, 4.69) is 9.97 Å². The van der Waals surface area contributed by atoms with Gasteiger partial charge in [-0.2, -0.15) is 5.26 Å². The van der Waals surface area contributed by atoms with Crippen molar-refractivity contribution in [1.29, 1.82) is 5.26 Å². The molecular weight excluding hydrogens is 363 g/mol. The van der Waals surface area contributed by atoms with Gasteiger partial charge in [0, 0.05) is 16.7 Å². The van der Waals surface area contributed by atoms with Gasteiger partial charge in [-0.3, -0.25) is 10.1 Å². The van der Waals surface area contributed by atoms with Crippen LogP contribution in [0.5, 0.6) is 0 Å². The van der Waals surface area contributed by atoms with Gasteiger partial charge in [-0.1, -0.05) is 29.3 Å². The van der Waals surface area contributed by atoms with Gasteiger partial charge in [0.15, 0.2) is 0 Å². The van der Waals surface area contributed by atoms with Crippen molar-refractivity contribution in [2.45, 2.75) is 6.92 Å². The van der Waals surface area contributed by atoms with Gasteiger partial charge in [0.2, 0.25) is 0 Å². The van der Waals surface area contributed by atoms with E-state index in [1.165, 1.54) is 18.2 Å². The Bertz CT molecular complexity index is 1080. The maximum absolute atomic E-state index is 11.0. The lowest BCUT2D eigenvalue weighted by molar-refractivity contribution is -0.384. The number of benzene rings is 2. The summed E-state index contributed by atoms with van der Waals surface area (Å²) in [6.07, 6.45) is 1.44. The van der Waals surface area contributed by atoms with E-state index in [1.54, 1.807) is 0 Å². The molecule has 25 heavy (non-hydrogen) atoms. The van der Waals surface area contributed by atoms with Crippen LogP contribution < -0.4 is 0 Å². The Hall–Kier alpha value is -2.88. The number of hydrogen-bond donors (Lipinski definition) is 1. The lowest BCUT2D eigenvalue weighted by Gasteiger charge is -2.02. The third kappa shape index (κ3) is 3.33. The average Bonchev–Trinajstić information content (AvgIpc) is 2.96. The number of halogens is 2. The molecule has 0 aliphatic rings. The number of aromatic amines is 1. The van der Waals surface area contributed by atoms with Crippen molar-refractivity contribution in [3.05, 3.63) is 67.4 Å². The number of nitrogens with one attached hydrogen (secondary N) is 1. The van der Waals surface area contributed by atoms with Crippen LogP contribution >= 0.6 is 23.2 Å². The zero-order valence-corrected chi connectivity index (χ0v) is 14.4. The second-order valence-electron chi connectivity index (χ2n) is 5.36. The minimum absolute atomic E-state index is 0.0649. The highest BCUT2D eigenvalue weighted by atomic mass is 35.5. The molecule has 0 saturated carbocycles. The standard InChI is InChI=1S/C17H10Cl2N4O2/c1-9-2-3-14-15(4-9)22-17(21-14)11(8-20)5-10-6-16(23(24)25)13(19)7-12(10)18/h2-7H,1H3,(H,21,22). The summed E-state index contributed by atoms with van der Waals surface area (Å²) in [5.74, 6) is 0.358. The summed E-state index contributed by atoms with van der Waals surface area (Å²) >= 11 is 11.9. The summed E-state index contributed by atoms with van der Waals surface area (Å²) in [5, 5.41) is 20.6. The van der Waals surface area contributed by atoms with Gasteiger partial charge in [0.05, 0.1) is 21.5 Å². The highest BCUT2D eigenvalue weighted by Crippen LogP contribution is 2.32. The van der Waals surface area contributed by atoms with Crippen LogP contribution in [0.3, 0.4) is 0 Å². The van der Waals surface area contributed by atoms with E-state index in [1.807, 2.05) is 31.2 Å². The Morgan fingerprint density at radius 1 is 1.32 bits per heavy atom. The van der Waals surface area contributed by atoms with Crippen LogP contribution in [0, 0.1) is 28.4 Å². The van der Waals surface area contributed by atoms with Crippen molar-refractivity contribution in [2.24, 2.45) is 0 Å². The number of nitro benzene ring substituents is 1. The third-order valence-electron chi connectivity index (χ3n) is 3.58. The number of rotatable bonds is 3. The fourth-order valence-corrected chi connectivity index (χ4v) is 2.87. The normalized spacial score (nSPS) is 11.5. The Kier molecular flexibility index (Phi) is 4.45. The van der Waals surface area contributed by atoms with Crippen molar-refractivity contribution in [2.75, 3.05) is 0 Å². The average molecular weight is 373 g/mol. The molecule has 0 unspecified atom stereocenters. The second kappa shape index (κ2) is 6.55. The number of nitro groups is 1. The van der Waals surface area contributed by atoms with Gasteiger partial charge in [0.25, 0.3) is 5.69 Å². The molecule has 0 atom stereocenters. The molecule has 0 saturated heterocycles. The summed E-state index contributed by atoms with van der Waals surface area (Å²) in [6, 6.07) is 10.2. The number of fused-ring (bicyclic) bond motifs is 1. The molecule has 0 aliphatic heterocycles. The highest BCUT2D eigenvalue weighted by Gasteiger charge is 2.16. The molecule has 0 spiro atoms. The fraction of sp³-hybridized carbons (Fsp3) is 0.0588. The van der Waals surface area contributed by atoms with E-state index in [9.17, 15) is 15.4 Å². The van der Waals surface area contributed by atoms with Crippen LogP contribution in [-0.2, 0) is 0 Å². The minimum Gasteiger partial charge on any atom is -0.337 e. The van der Waals surface area contributed by atoms with Gasteiger partial charge in [0.1, 0.15) is 16.9 Å². The molecular formula is C17H10Cl2N4O2. The van der Waals surface area contributed by atoms with E-state index in [0.29, 0.717) is 11.4 Å². The van der Waals surface area contributed by atoms with Crippen LogP contribution in [0.4, 0.5) is 5.69 Å². The van der Waals surface area contributed by atoms with Crippen molar-refractivity contribution < 1.29 is 4.92 Å². The molecule has 1 N–H and O–H groups in total. The van der Waals surface area contributed by atoms with Crippen LogP contribution in [-0.4, -0.2) is 14.9 Å². The second-order valence-corrected chi connectivity index (χ2v) is 6.17. The maximum Gasteiger partial charge on any atom is 0.288 e. The number of allylic oxidation sites excluding steroid dienone is 1. The van der Waals surface area contributed by atoms with E-state index in [-0.39, 0.29) is 21.3 Å². The third-order valence-corrected chi connectivity index (χ3v) is 4.21. The Morgan fingerprint density at radius 3 is 2.76 bits per heavy atom. The molecule has 3 rings (SSSR count). The molecule has 0 fully saturated rings. The summed E-state index contributed by atoms with van der Waals surface area (Å²) in [4.78, 5) is 17.9. The van der Waals surface area contributed by atoms with Crippen LogP contribution in [0.1, 0.15) is 17.0 Å². The Balaban J connectivity index is 2.13. The number of imidazole rings is 1. The van der Waals surface area contributed by atoms with E-state index in [0.717, 1.165) is 16.6 Å². The van der Waals surface area contributed by atoms with Crippen molar-refractivity contribution >= 4 is 51.6 Å². The summed E-state index contributed by atoms with van der Waals surface area (Å²) in [6.45, 7) is 1.95. The number of nitriles is 1. The topological polar surface area (TPSA) is 95.6 Å². The minimum atomic E-state index is -0.605. The summed E-state index contributed by atoms with van der Waals surface area (Å²) in [5.41, 5.74) is 2.80. The first-order chi connectivity index (χ1) is 11.9. The van der Waals surface area contributed by atoms with E-state index >= 15 is 0 Å². The number of nitrogens with zero attached hydrogens (tertiary/aromatic N) is 3. The quantitative estimate of drug-likeness (QED) is 0.390. The van der Waals surface area contributed by atoms with E-state index < -0.39 is 4.92 Å². The molecule has 1 aromatic heterocycles. The molecule has 8 heteroatoms. The Labute approximate surface area is 152 Å². The molecule has 0 radical (unpaired) electrons. The molecule has 0 bridgehead atoms. The number of H-pyrrole nitrogens is 1. The summed E-state index contributed by atoms with van der Waals surface area (Å²) < 4.78 is 0. The number of aromatic nitrogens is 2. The Morgan fingerprint density at radius 2 is 2.08 bits per heavy atom. The number of hydrogen-bond acceptors (Lipinski definition) is 4. The zero-order valence-electron chi connectivity index (χ0n) is 12.9. The van der Waals surface area contributed by atoms with Gasteiger partial charge >= 0.3 is 0 Å². The summed E-state index contributed by atoms with van der Waals surface area (Å²) in [7, 11) is 0. The van der Waals surface area contributed by atoms with Gasteiger partial charge in [-0.05, 0) is 36.8 Å². The van der Waals surface area contributed by atoms with Crippen LogP contribution in [0.2, 0.25) is 10.0 Å². The lowest BCUT2D eigenvalue weighted by Crippen LogP contribution is -1.91. The predicted molar refractivity (Wildman–Crippen MR) is 97.4 cm³/mol. The molecule has 2 aromatic carbocycles. The van der Waals surface area contributed by atoms with Crippen LogP contribution in [0.25, 0.3) is 22.7 Å². The molecule has 6 nitrogen and oxygen atoms in total. The number of aryl methyl sites for hydroxylation is 1. The molecule has 3 aromatic rings. The monoisotopic (exact) mass is 372 g/mol. The van der Waals surface area contributed by atoms with E-state index in [4.69, 9.17) is 23.2 Å². The largest absolute Gasteiger partial charge is 0.337 e. The van der Waals surface area contributed by atoms with Gasteiger partial charge < -0.3 is 4.98 Å². The first kappa shape index (κ1) is 17.0. The molecule has 1 heterocycles. The highest BCUT2D eigenvalue weighted by molar-refractivity contribution is 6.37. The molecule has 0 amide bonds. The smallest absolute Gasteiger partial charge is 0.288 e. The molecule has 124 valence electrons. The van der Waals surface area contributed by atoms with Gasteiger partial charge in [-0.25, -0.2) is 4.98 Å². The first-order valence-electron chi connectivity index (χ1n) is 7.11. The molecule has 0 aliphatic carbocycles. The van der Waals surface area contributed by atoms with Crippen molar-refractivity contribution in [1.82, 2.24) is 9.97 Å².